The molecule has 2 nitrogen and oxygen atoms in total. The summed E-state index contributed by atoms with van der Waals surface area (Å²) in [6.07, 6.45) is 13.2. The highest BCUT2D eigenvalue weighted by Crippen LogP contribution is 2.61. The van der Waals surface area contributed by atoms with Crippen LogP contribution in [0.15, 0.2) is 120 Å². The summed E-state index contributed by atoms with van der Waals surface area (Å²) in [6.45, 7) is 0. The third-order valence-electron chi connectivity index (χ3n) is 7.66. The third-order valence-corrected chi connectivity index (χ3v) is 10.7. The van der Waals surface area contributed by atoms with Crippen LogP contribution in [-0.4, -0.2) is 6.10 Å². The molecule has 0 saturated heterocycles. The molecule has 3 aromatic rings. The number of hydrogen-bond acceptors (Lipinski definition) is 2. The molecule has 1 fully saturated rings. The minimum absolute atomic E-state index is 0.233. The van der Waals surface area contributed by atoms with Crippen molar-refractivity contribution in [2.75, 3.05) is 0 Å². The van der Waals surface area contributed by atoms with Gasteiger partial charge in [0.25, 0.3) is 0 Å². The fourth-order valence-electron chi connectivity index (χ4n) is 5.75. The highest BCUT2D eigenvalue weighted by atomic mass is 31.1. The Morgan fingerprint density at radius 3 is 1.62 bits per heavy atom. The molecule has 0 amide bonds. The van der Waals surface area contributed by atoms with E-state index in [1.54, 1.807) is 0 Å². The van der Waals surface area contributed by atoms with Crippen molar-refractivity contribution in [1.29, 1.82) is 0 Å². The molecular weight excluding hydrogens is 495 g/mol. The predicted octanol–water partition coefficient (Wildman–Crippen LogP) is 11.7. The first-order valence-corrected chi connectivity index (χ1v) is 16.2. The average Bonchev–Trinajstić information content (AvgIpc) is 2.92. The smallest absolute Gasteiger partial charge is 0.142 e. The maximum absolute atomic E-state index is 6.97. The van der Waals surface area contributed by atoms with Gasteiger partial charge in [0.1, 0.15) is 23.0 Å². The molecule has 2 aromatic carbocycles. The van der Waals surface area contributed by atoms with Crippen LogP contribution in [0.2, 0.25) is 0 Å². The molecule has 1 aliphatic heterocycles. The quantitative estimate of drug-likeness (QED) is 0.285. The van der Waals surface area contributed by atoms with E-state index in [9.17, 15) is 0 Å². The molecule has 39 heavy (non-hydrogen) atoms. The van der Waals surface area contributed by atoms with Crippen LogP contribution in [0, 0.1) is 0 Å². The summed E-state index contributed by atoms with van der Waals surface area (Å²) in [6, 6.07) is 40.0. The molecule has 1 aliphatic carbocycles. The van der Waals surface area contributed by atoms with Crippen LogP contribution in [0.25, 0.3) is 21.4 Å². The van der Waals surface area contributed by atoms with Crippen LogP contribution in [0.3, 0.4) is 0 Å². The zero-order chi connectivity index (χ0) is 26.5. The zero-order valence-corrected chi connectivity index (χ0v) is 23.9. The summed E-state index contributed by atoms with van der Waals surface area (Å²) in [5.41, 5.74) is 2.35. The van der Waals surface area contributed by atoms with Crippen LogP contribution in [-0.2, 0) is 0 Å². The van der Waals surface area contributed by atoms with Gasteiger partial charge in [-0.3, -0.25) is 0 Å². The van der Waals surface area contributed by atoms with Crippen LogP contribution in [0.5, 0.6) is 5.75 Å². The minimum atomic E-state index is -0.689. The van der Waals surface area contributed by atoms with Gasteiger partial charge < -0.3 is 9.15 Å². The molecule has 202 valence electrons. The van der Waals surface area contributed by atoms with Gasteiger partial charge in [-0.25, -0.2) is 0 Å². The number of rotatable bonds is 0. The SMILES string of the molecule is c1cccccc2c(cccc1)oc1cccccccccc3c1p2C1CCCCCCCCCCC1O3. The van der Waals surface area contributed by atoms with Gasteiger partial charge in [0.05, 0.1) is 5.12 Å². The largest absolute Gasteiger partial charge is 0.488 e. The molecule has 0 radical (unpaired) electrons. The number of hydrogen-bond donors (Lipinski definition) is 0. The molecule has 0 bridgehead atoms. The van der Waals surface area contributed by atoms with Gasteiger partial charge in [0.2, 0.25) is 0 Å². The summed E-state index contributed by atoms with van der Waals surface area (Å²) in [5.74, 6) is 0.983. The fourth-order valence-corrected chi connectivity index (χ4v) is 8.99. The van der Waals surface area contributed by atoms with Crippen LogP contribution >= 0.6 is 7.53 Å². The highest BCUT2D eigenvalue weighted by molar-refractivity contribution is 7.61. The maximum atomic E-state index is 6.97. The van der Waals surface area contributed by atoms with Crippen LogP contribution in [0.4, 0.5) is 0 Å². The van der Waals surface area contributed by atoms with E-state index in [2.05, 4.69) is 103 Å². The number of ether oxygens (including phenoxy) is 1. The van der Waals surface area contributed by atoms with Crippen molar-refractivity contribution in [2.45, 2.75) is 76.0 Å². The van der Waals surface area contributed by atoms with Crippen LogP contribution < -0.4 is 4.74 Å². The van der Waals surface area contributed by atoms with E-state index in [0.717, 1.165) is 23.3 Å². The standard InChI is InChI=1S/C36H41O2P/c1-3-10-16-22-28-34-30(24-18-12-6-1)37-32-26-20-14-8-5-9-15-21-27-33-36(32)39(34)35-29-23-17-11-4-2-7-13-19-25-31(35)38-33/h1,3,5-6,8-10,12,14-16,18,20-22,24,26-28,31,35H,2,4,7,11,13,17,19,23,25,29H2. The lowest BCUT2D eigenvalue weighted by molar-refractivity contribution is 0.165. The summed E-state index contributed by atoms with van der Waals surface area (Å²) in [7, 11) is -0.689. The van der Waals surface area contributed by atoms with E-state index in [1.165, 1.54) is 68.0 Å². The van der Waals surface area contributed by atoms with Crippen molar-refractivity contribution < 1.29 is 9.15 Å². The zero-order valence-electron chi connectivity index (χ0n) is 23.0. The van der Waals surface area contributed by atoms with Gasteiger partial charge in [-0.05, 0) is 43.5 Å². The summed E-state index contributed by atoms with van der Waals surface area (Å²) in [5, 5.41) is 2.57. The van der Waals surface area contributed by atoms with Crippen molar-refractivity contribution >= 4 is 28.9 Å². The first-order chi connectivity index (χ1) is 19.4. The third kappa shape index (κ3) is 7.46. The second kappa shape index (κ2) is 14.8. The topological polar surface area (TPSA) is 22.4 Å². The lowest BCUT2D eigenvalue weighted by Gasteiger charge is -2.35. The lowest BCUT2D eigenvalue weighted by Crippen LogP contribution is -2.25. The van der Waals surface area contributed by atoms with Gasteiger partial charge >= 0.3 is 0 Å². The molecule has 3 atom stereocenters. The Balaban J connectivity index is 1.86. The first-order valence-electron chi connectivity index (χ1n) is 14.8. The predicted molar refractivity (Wildman–Crippen MR) is 168 cm³/mol. The van der Waals surface area contributed by atoms with Gasteiger partial charge in [-0.2, -0.15) is 0 Å². The maximum Gasteiger partial charge on any atom is 0.142 e. The molecule has 3 heteroatoms. The number of fused-ring (bicyclic) bond motifs is 4. The molecule has 1 aromatic heterocycles. The van der Waals surface area contributed by atoms with Gasteiger partial charge in [-0.1, -0.05) is 143 Å². The van der Waals surface area contributed by atoms with Gasteiger partial charge in [0, 0.05) is 10.8 Å². The second-order valence-electron chi connectivity index (χ2n) is 10.5. The average molecular weight is 537 g/mol. The van der Waals surface area contributed by atoms with Crippen molar-refractivity contribution in [3.05, 3.63) is 115 Å². The van der Waals surface area contributed by atoms with E-state index < -0.39 is 7.53 Å². The highest BCUT2D eigenvalue weighted by Gasteiger charge is 2.33. The molecule has 1 saturated carbocycles. The van der Waals surface area contributed by atoms with Crippen molar-refractivity contribution in [2.24, 2.45) is 0 Å². The molecule has 2 aliphatic rings. The monoisotopic (exact) mass is 536 g/mol. The Labute approximate surface area is 234 Å². The Hall–Kier alpha value is -3.22. The Morgan fingerprint density at radius 2 is 0.974 bits per heavy atom. The van der Waals surface area contributed by atoms with Gasteiger partial charge in [-0.15, -0.1) is 0 Å². The van der Waals surface area contributed by atoms with Crippen molar-refractivity contribution in [1.82, 2.24) is 0 Å². The van der Waals surface area contributed by atoms with Crippen molar-refractivity contribution in [3.63, 3.8) is 0 Å². The molecule has 2 heterocycles. The molecule has 0 spiro atoms. The van der Waals surface area contributed by atoms with Crippen LogP contribution in [0.1, 0.15) is 69.9 Å². The Bertz CT molecular complexity index is 1430. The first kappa shape index (κ1) is 27.4. The van der Waals surface area contributed by atoms with Gasteiger partial charge in [0.15, 0.2) is 0 Å². The second-order valence-corrected chi connectivity index (χ2v) is 12.8. The molecule has 5 rings (SSSR count). The molecular formula is C36H41O2P. The molecule has 0 N–H and O–H groups in total. The lowest BCUT2D eigenvalue weighted by atomic mass is 9.99. The fraction of sp³-hybridized carbons (Fsp3) is 0.333. The van der Waals surface area contributed by atoms with E-state index in [1.807, 2.05) is 12.1 Å². The Morgan fingerprint density at radius 1 is 0.487 bits per heavy atom. The summed E-state index contributed by atoms with van der Waals surface area (Å²) < 4.78 is 13.7. The minimum Gasteiger partial charge on any atom is -0.488 e. The summed E-state index contributed by atoms with van der Waals surface area (Å²) >= 11 is 0. The van der Waals surface area contributed by atoms with E-state index in [-0.39, 0.29) is 6.10 Å². The van der Waals surface area contributed by atoms with E-state index in [0.29, 0.717) is 5.66 Å². The Kier molecular flexibility index (Phi) is 10.4. The van der Waals surface area contributed by atoms with E-state index >= 15 is 0 Å². The molecule has 3 unspecified atom stereocenters. The van der Waals surface area contributed by atoms with Crippen molar-refractivity contribution in [3.8, 4) is 5.75 Å². The van der Waals surface area contributed by atoms with E-state index in [4.69, 9.17) is 9.15 Å². The normalized spacial score (nSPS) is 19.4. The summed E-state index contributed by atoms with van der Waals surface area (Å²) in [4.78, 5) is 0.